The number of phenolic OH excluding ortho intramolecular Hbond substituents is 1. The van der Waals surface area contributed by atoms with E-state index in [2.05, 4.69) is 17.4 Å². The zero-order valence-electron chi connectivity index (χ0n) is 15.0. The van der Waals surface area contributed by atoms with E-state index in [-0.39, 0.29) is 11.8 Å². The maximum atomic E-state index is 10.5. The number of methoxy groups -OCH3 is 1. The first-order valence-electron chi connectivity index (χ1n) is 8.81. The van der Waals surface area contributed by atoms with Gasteiger partial charge in [0.05, 0.1) is 32.4 Å². The van der Waals surface area contributed by atoms with Gasteiger partial charge in [0.1, 0.15) is 17.5 Å². The van der Waals surface area contributed by atoms with E-state index in [4.69, 9.17) is 14.2 Å². The molecule has 0 unspecified atom stereocenters. The molecule has 3 N–H and O–H groups in total. The molecule has 1 aliphatic rings. The Morgan fingerprint density at radius 3 is 2.48 bits per heavy atom. The molecular weight excluding hydrogens is 318 g/mol. The summed E-state index contributed by atoms with van der Waals surface area (Å²) in [6.45, 7) is 6.05. The van der Waals surface area contributed by atoms with Crippen molar-refractivity contribution in [2.45, 2.75) is 26.3 Å². The number of nitrogens with two attached hydrogens (primary N) is 1. The molecule has 25 heavy (non-hydrogen) atoms. The third-order valence-corrected chi connectivity index (χ3v) is 4.53. The number of rotatable bonds is 6. The Bertz CT molecular complexity index is 745. The van der Waals surface area contributed by atoms with Crippen LogP contribution < -0.4 is 19.5 Å². The lowest BCUT2D eigenvalue weighted by Crippen LogP contribution is -2.87. The fraction of sp³-hybridized carbons (Fsp3) is 0.400. The van der Waals surface area contributed by atoms with Gasteiger partial charge in [0.15, 0.2) is 11.5 Å². The normalized spacial score (nSPS) is 16.2. The molecule has 2 aromatic carbocycles. The molecule has 0 saturated carbocycles. The van der Waals surface area contributed by atoms with Gasteiger partial charge in [0.25, 0.3) is 0 Å². The summed E-state index contributed by atoms with van der Waals surface area (Å²) in [5.41, 5.74) is 3.17. The SMILES string of the molecule is CCOc1cc2c(cc1OCC)[C@H](c1c(O)cccc1OC)[NH2+]CC2. The monoisotopic (exact) mass is 344 g/mol. The van der Waals surface area contributed by atoms with E-state index in [0.717, 1.165) is 35.6 Å². The molecule has 0 spiro atoms. The molecule has 1 heterocycles. The predicted molar refractivity (Wildman–Crippen MR) is 95.8 cm³/mol. The van der Waals surface area contributed by atoms with Crippen LogP contribution in [0.1, 0.15) is 36.6 Å². The average Bonchev–Trinajstić information content (AvgIpc) is 2.62. The summed E-state index contributed by atoms with van der Waals surface area (Å²) in [5.74, 6) is 2.48. The smallest absolute Gasteiger partial charge is 0.161 e. The molecule has 0 radical (unpaired) electrons. The van der Waals surface area contributed by atoms with Gasteiger partial charge in [-0.1, -0.05) is 6.07 Å². The van der Waals surface area contributed by atoms with Crippen LogP contribution in [0.25, 0.3) is 0 Å². The van der Waals surface area contributed by atoms with Gasteiger partial charge < -0.3 is 24.6 Å². The van der Waals surface area contributed by atoms with E-state index in [9.17, 15) is 5.11 Å². The Labute approximate surface area is 148 Å². The van der Waals surface area contributed by atoms with Gasteiger partial charge in [0, 0.05) is 12.0 Å². The van der Waals surface area contributed by atoms with Crippen LogP contribution in [0.5, 0.6) is 23.0 Å². The lowest BCUT2D eigenvalue weighted by Gasteiger charge is -2.27. The second kappa shape index (κ2) is 7.66. The Morgan fingerprint density at radius 2 is 1.80 bits per heavy atom. The standard InChI is InChI=1S/C20H25NO4/c1-4-24-17-11-13-9-10-21-20(14(13)12-18(17)25-5-2)19-15(22)7-6-8-16(19)23-3/h6-8,11-12,20-22H,4-5,9-10H2,1-3H3/p+1/t20-/m1/s1. The van der Waals surface area contributed by atoms with Gasteiger partial charge in [-0.25, -0.2) is 0 Å². The lowest BCUT2D eigenvalue weighted by atomic mass is 9.88. The van der Waals surface area contributed by atoms with E-state index >= 15 is 0 Å². The van der Waals surface area contributed by atoms with Crippen molar-refractivity contribution in [3.05, 3.63) is 47.0 Å². The van der Waals surface area contributed by atoms with Crippen LogP contribution in [0.2, 0.25) is 0 Å². The molecule has 0 amide bonds. The second-order valence-electron chi connectivity index (χ2n) is 6.01. The maximum absolute atomic E-state index is 10.5. The number of phenols is 1. The molecular formula is C20H26NO4+. The minimum Gasteiger partial charge on any atom is -0.507 e. The quantitative estimate of drug-likeness (QED) is 0.845. The molecule has 134 valence electrons. The first-order chi connectivity index (χ1) is 12.2. The van der Waals surface area contributed by atoms with Crippen molar-refractivity contribution in [3.63, 3.8) is 0 Å². The van der Waals surface area contributed by atoms with Crippen molar-refractivity contribution in [3.8, 4) is 23.0 Å². The fourth-order valence-electron chi connectivity index (χ4n) is 3.49. The van der Waals surface area contributed by atoms with Crippen LogP contribution in [0, 0.1) is 0 Å². The van der Waals surface area contributed by atoms with Crippen molar-refractivity contribution < 1.29 is 24.6 Å². The van der Waals surface area contributed by atoms with Gasteiger partial charge in [0.2, 0.25) is 0 Å². The number of hydrogen-bond donors (Lipinski definition) is 2. The van der Waals surface area contributed by atoms with Crippen LogP contribution in [-0.4, -0.2) is 32.0 Å². The van der Waals surface area contributed by atoms with Crippen LogP contribution in [0.3, 0.4) is 0 Å². The summed E-state index contributed by atoms with van der Waals surface area (Å²) in [7, 11) is 1.63. The van der Waals surface area contributed by atoms with E-state index in [1.807, 2.05) is 19.9 Å². The predicted octanol–water partition coefficient (Wildman–Crippen LogP) is 2.41. The molecule has 0 bridgehead atoms. The molecule has 0 saturated heterocycles. The van der Waals surface area contributed by atoms with E-state index < -0.39 is 0 Å². The number of benzene rings is 2. The highest BCUT2D eigenvalue weighted by Gasteiger charge is 2.31. The molecule has 3 rings (SSSR count). The van der Waals surface area contributed by atoms with Gasteiger partial charge in [-0.15, -0.1) is 0 Å². The third-order valence-electron chi connectivity index (χ3n) is 4.53. The Balaban J connectivity index is 2.12. The van der Waals surface area contributed by atoms with Crippen molar-refractivity contribution in [2.75, 3.05) is 26.9 Å². The average molecular weight is 344 g/mol. The van der Waals surface area contributed by atoms with Gasteiger partial charge in [-0.05, 0) is 43.7 Å². The summed E-state index contributed by atoms with van der Waals surface area (Å²) >= 11 is 0. The van der Waals surface area contributed by atoms with E-state index in [1.54, 1.807) is 19.2 Å². The van der Waals surface area contributed by atoms with Gasteiger partial charge in [-0.2, -0.15) is 0 Å². The molecule has 1 atom stereocenters. The topological polar surface area (TPSA) is 64.5 Å². The van der Waals surface area contributed by atoms with Crippen LogP contribution in [0.15, 0.2) is 30.3 Å². The van der Waals surface area contributed by atoms with E-state index in [0.29, 0.717) is 19.0 Å². The van der Waals surface area contributed by atoms with Crippen molar-refractivity contribution in [1.29, 1.82) is 0 Å². The molecule has 5 heteroatoms. The van der Waals surface area contributed by atoms with Crippen molar-refractivity contribution in [1.82, 2.24) is 0 Å². The zero-order chi connectivity index (χ0) is 17.8. The Kier molecular flexibility index (Phi) is 5.34. The van der Waals surface area contributed by atoms with Crippen molar-refractivity contribution >= 4 is 0 Å². The van der Waals surface area contributed by atoms with Crippen molar-refractivity contribution in [2.24, 2.45) is 0 Å². The van der Waals surface area contributed by atoms with E-state index in [1.165, 1.54) is 5.56 Å². The number of aromatic hydroxyl groups is 1. The summed E-state index contributed by atoms with van der Waals surface area (Å²) in [4.78, 5) is 0. The van der Waals surface area contributed by atoms with Gasteiger partial charge in [-0.3, -0.25) is 0 Å². The lowest BCUT2D eigenvalue weighted by molar-refractivity contribution is -0.690. The van der Waals surface area contributed by atoms with Gasteiger partial charge >= 0.3 is 0 Å². The minimum atomic E-state index is -0.0326. The molecule has 0 aliphatic carbocycles. The highest BCUT2D eigenvalue weighted by Crippen LogP contribution is 2.40. The number of fused-ring (bicyclic) bond motifs is 1. The highest BCUT2D eigenvalue weighted by atomic mass is 16.5. The minimum absolute atomic E-state index is 0.0326. The van der Waals surface area contributed by atoms with Crippen LogP contribution >= 0.6 is 0 Å². The molecule has 0 fully saturated rings. The second-order valence-corrected chi connectivity index (χ2v) is 6.01. The number of hydrogen-bond acceptors (Lipinski definition) is 4. The molecule has 0 aromatic heterocycles. The summed E-state index contributed by atoms with van der Waals surface area (Å²) in [6, 6.07) is 9.49. The third kappa shape index (κ3) is 3.37. The van der Waals surface area contributed by atoms with Crippen LogP contribution in [-0.2, 0) is 6.42 Å². The first-order valence-corrected chi connectivity index (χ1v) is 8.81. The first kappa shape index (κ1) is 17.4. The largest absolute Gasteiger partial charge is 0.507 e. The summed E-state index contributed by atoms with van der Waals surface area (Å²) < 4.78 is 17.0. The number of ether oxygens (including phenoxy) is 3. The Morgan fingerprint density at radius 1 is 1.08 bits per heavy atom. The Hall–Kier alpha value is -2.40. The summed E-state index contributed by atoms with van der Waals surface area (Å²) in [5, 5.41) is 12.7. The fourth-order valence-corrected chi connectivity index (χ4v) is 3.49. The molecule has 2 aromatic rings. The summed E-state index contributed by atoms with van der Waals surface area (Å²) in [6.07, 6.45) is 0.953. The number of quaternary nitrogens is 1. The highest BCUT2D eigenvalue weighted by molar-refractivity contribution is 5.54. The molecule has 5 nitrogen and oxygen atoms in total. The maximum Gasteiger partial charge on any atom is 0.161 e. The zero-order valence-corrected chi connectivity index (χ0v) is 15.0. The van der Waals surface area contributed by atoms with Crippen LogP contribution in [0.4, 0.5) is 0 Å². The molecule has 1 aliphatic heterocycles.